The highest BCUT2D eigenvalue weighted by atomic mass is 16.5. The normalized spacial score (nSPS) is 22.2. The van der Waals surface area contributed by atoms with E-state index in [1.807, 2.05) is 36.4 Å². The number of nitrogens with one attached hydrogen (secondary N) is 1. The summed E-state index contributed by atoms with van der Waals surface area (Å²) in [5.74, 6) is 1.00. The van der Waals surface area contributed by atoms with Crippen LogP contribution >= 0.6 is 0 Å². The lowest BCUT2D eigenvalue weighted by atomic mass is 9.73. The van der Waals surface area contributed by atoms with E-state index in [2.05, 4.69) is 37.4 Å². The monoisotopic (exact) mass is 393 g/mol. The van der Waals surface area contributed by atoms with Gasteiger partial charge in [0, 0.05) is 25.2 Å². The lowest BCUT2D eigenvalue weighted by Crippen LogP contribution is -2.51. The molecule has 2 aromatic rings. The van der Waals surface area contributed by atoms with Crippen molar-refractivity contribution in [3.8, 4) is 5.75 Å². The van der Waals surface area contributed by atoms with Crippen LogP contribution in [-0.2, 0) is 14.9 Å². The summed E-state index contributed by atoms with van der Waals surface area (Å²) in [4.78, 5) is 13.8. The van der Waals surface area contributed by atoms with Crippen LogP contribution in [0.2, 0.25) is 0 Å². The Morgan fingerprint density at radius 3 is 2.34 bits per heavy atom. The van der Waals surface area contributed by atoms with Gasteiger partial charge < -0.3 is 14.8 Å². The van der Waals surface area contributed by atoms with Crippen LogP contribution in [0.1, 0.15) is 63.1 Å². The van der Waals surface area contributed by atoms with Crippen molar-refractivity contribution in [3.63, 3.8) is 0 Å². The highest BCUT2D eigenvalue weighted by Crippen LogP contribution is 2.44. The molecule has 0 saturated carbocycles. The van der Waals surface area contributed by atoms with Crippen LogP contribution in [0.5, 0.6) is 5.75 Å². The first kappa shape index (κ1) is 20.0. The average molecular weight is 394 g/mol. The fourth-order valence-corrected chi connectivity index (χ4v) is 4.85. The molecule has 0 aliphatic carbocycles. The van der Waals surface area contributed by atoms with Gasteiger partial charge in [0.25, 0.3) is 0 Å². The number of fused-ring (bicyclic) bond motifs is 1. The zero-order valence-electron chi connectivity index (χ0n) is 17.4. The molecule has 4 rings (SSSR count). The Bertz CT molecular complexity index is 838. The van der Waals surface area contributed by atoms with Crippen molar-refractivity contribution >= 4 is 5.91 Å². The molecule has 1 amide bonds. The fraction of sp³-hybridized carbons (Fsp3) is 0.480. The van der Waals surface area contributed by atoms with Crippen LogP contribution in [0.4, 0.5) is 0 Å². The predicted octanol–water partition coefficient (Wildman–Crippen LogP) is 4.93. The average Bonchev–Trinajstić information content (AvgIpc) is 2.80. The molecule has 1 saturated heterocycles. The summed E-state index contributed by atoms with van der Waals surface area (Å²) in [5, 5.41) is 3.43. The molecule has 1 unspecified atom stereocenters. The summed E-state index contributed by atoms with van der Waals surface area (Å²) in [6, 6.07) is 18.3. The van der Waals surface area contributed by atoms with E-state index in [1.165, 1.54) is 0 Å². The first-order valence-corrected chi connectivity index (χ1v) is 10.8. The first-order chi connectivity index (χ1) is 14.1. The largest absolute Gasteiger partial charge is 0.487 e. The molecule has 2 heterocycles. The van der Waals surface area contributed by atoms with Gasteiger partial charge in [0.2, 0.25) is 5.91 Å². The van der Waals surface area contributed by atoms with Crippen LogP contribution in [0.15, 0.2) is 54.6 Å². The van der Waals surface area contributed by atoms with Crippen molar-refractivity contribution in [2.45, 2.75) is 63.0 Å². The maximum absolute atomic E-state index is 13.8. The minimum Gasteiger partial charge on any atom is -0.487 e. The van der Waals surface area contributed by atoms with Crippen molar-refractivity contribution in [1.82, 2.24) is 5.32 Å². The molecule has 0 radical (unpaired) electrons. The molecule has 154 valence electrons. The van der Waals surface area contributed by atoms with Gasteiger partial charge in [0.05, 0.1) is 11.5 Å². The number of para-hydroxylation sites is 1. The molecule has 4 nitrogen and oxygen atoms in total. The number of hydrogen-bond donors (Lipinski definition) is 1. The number of carbonyl (C=O) groups excluding carboxylic acids is 1. The molecule has 0 spiro atoms. The zero-order chi connectivity index (χ0) is 20.3. The van der Waals surface area contributed by atoms with Gasteiger partial charge in [-0.3, -0.25) is 4.79 Å². The van der Waals surface area contributed by atoms with Gasteiger partial charge in [-0.2, -0.15) is 0 Å². The Hall–Kier alpha value is -2.33. The van der Waals surface area contributed by atoms with Crippen LogP contribution < -0.4 is 10.1 Å². The molecule has 2 aliphatic heterocycles. The molecule has 4 heteroatoms. The van der Waals surface area contributed by atoms with Crippen molar-refractivity contribution in [3.05, 3.63) is 65.7 Å². The number of amides is 1. The highest BCUT2D eigenvalue weighted by Gasteiger charge is 2.45. The smallest absolute Gasteiger partial charge is 0.231 e. The third-order valence-corrected chi connectivity index (χ3v) is 6.90. The fourth-order valence-electron chi connectivity index (χ4n) is 4.85. The molecule has 1 N–H and O–H groups in total. The van der Waals surface area contributed by atoms with E-state index in [4.69, 9.17) is 9.47 Å². The summed E-state index contributed by atoms with van der Waals surface area (Å²) >= 11 is 0. The van der Waals surface area contributed by atoms with Crippen molar-refractivity contribution in [2.24, 2.45) is 0 Å². The molecule has 2 aromatic carbocycles. The van der Waals surface area contributed by atoms with Crippen LogP contribution in [0, 0.1) is 0 Å². The first-order valence-electron chi connectivity index (χ1n) is 10.8. The number of carbonyl (C=O) groups is 1. The Balaban J connectivity index is 1.67. The number of rotatable bonds is 5. The van der Waals surface area contributed by atoms with Crippen molar-refractivity contribution in [1.29, 1.82) is 0 Å². The predicted molar refractivity (Wildman–Crippen MR) is 114 cm³/mol. The highest BCUT2D eigenvalue weighted by molar-refractivity contribution is 5.88. The van der Waals surface area contributed by atoms with E-state index >= 15 is 0 Å². The third-order valence-electron chi connectivity index (χ3n) is 6.90. The molecule has 1 atom stereocenters. The van der Waals surface area contributed by atoms with Gasteiger partial charge in [0.15, 0.2) is 0 Å². The number of ether oxygens (including phenoxy) is 2. The lowest BCUT2D eigenvalue weighted by Gasteiger charge is -2.43. The second-order valence-corrected chi connectivity index (χ2v) is 8.32. The summed E-state index contributed by atoms with van der Waals surface area (Å²) in [5.41, 5.74) is 1.39. The zero-order valence-corrected chi connectivity index (χ0v) is 17.4. The van der Waals surface area contributed by atoms with Gasteiger partial charge in [-0.15, -0.1) is 0 Å². The van der Waals surface area contributed by atoms with Crippen molar-refractivity contribution in [2.75, 3.05) is 13.2 Å². The molecule has 0 bridgehead atoms. The second-order valence-electron chi connectivity index (χ2n) is 8.32. The molecular formula is C25H31NO3. The SMILES string of the molecule is CCC1(CC)CC(NC(=O)C2(c3ccccc3)CCOCC2)c2ccccc2O1. The summed E-state index contributed by atoms with van der Waals surface area (Å²) in [6.45, 7) is 5.56. The Morgan fingerprint density at radius 1 is 1.00 bits per heavy atom. The topological polar surface area (TPSA) is 47.6 Å². The van der Waals surface area contributed by atoms with Gasteiger partial charge in [-0.25, -0.2) is 0 Å². The quantitative estimate of drug-likeness (QED) is 0.783. The van der Waals surface area contributed by atoms with Crippen LogP contribution in [-0.4, -0.2) is 24.7 Å². The molecular weight excluding hydrogens is 362 g/mol. The van der Waals surface area contributed by atoms with Gasteiger partial charge in [-0.05, 0) is 37.3 Å². The maximum atomic E-state index is 13.8. The third kappa shape index (κ3) is 3.66. The van der Waals surface area contributed by atoms with E-state index < -0.39 is 5.41 Å². The van der Waals surface area contributed by atoms with E-state index in [1.54, 1.807) is 0 Å². The van der Waals surface area contributed by atoms with Crippen molar-refractivity contribution < 1.29 is 14.3 Å². The second kappa shape index (κ2) is 8.19. The lowest BCUT2D eigenvalue weighted by molar-refractivity contribution is -0.132. The van der Waals surface area contributed by atoms with Crippen LogP contribution in [0.3, 0.4) is 0 Å². The summed E-state index contributed by atoms with van der Waals surface area (Å²) in [7, 11) is 0. The minimum absolute atomic E-state index is 0.0456. The van der Waals surface area contributed by atoms with Crippen LogP contribution in [0.25, 0.3) is 0 Å². The van der Waals surface area contributed by atoms with Gasteiger partial charge in [-0.1, -0.05) is 62.4 Å². The van der Waals surface area contributed by atoms with E-state index in [0.717, 1.165) is 36.1 Å². The van der Waals surface area contributed by atoms with E-state index in [0.29, 0.717) is 26.1 Å². The minimum atomic E-state index is -0.534. The molecule has 1 fully saturated rings. The summed E-state index contributed by atoms with van der Waals surface area (Å²) in [6.07, 6.45) is 4.05. The molecule has 2 aliphatic rings. The molecule has 29 heavy (non-hydrogen) atoms. The Kier molecular flexibility index (Phi) is 5.64. The Labute approximate surface area is 173 Å². The summed E-state index contributed by atoms with van der Waals surface area (Å²) < 4.78 is 12.0. The Morgan fingerprint density at radius 2 is 1.66 bits per heavy atom. The maximum Gasteiger partial charge on any atom is 0.231 e. The molecule has 0 aromatic heterocycles. The number of hydrogen-bond acceptors (Lipinski definition) is 3. The van der Waals surface area contributed by atoms with E-state index in [-0.39, 0.29) is 17.6 Å². The van der Waals surface area contributed by atoms with Gasteiger partial charge in [0.1, 0.15) is 11.4 Å². The standard InChI is InChI=1S/C25H31NO3/c1-3-24(4-2)18-21(20-12-8-9-13-22(20)29-24)26-23(27)25(14-16-28-17-15-25)19-10-6-5-7-11-19/h5-13,21H,3-4,14-18H2,1-2H3,(H,26,27). The number of benzene rings is 2. The van der Waals surface area contributed by atoms with Gasteiger partial charge >= 0.3 is 0 Å². The van der Waals surface area contributed by atoms with E-state index in [9.17, 15) is 4.79 Å².